The lowest BCUT2D eigenvalue weighted by Gasteiger charge is -2.21. The van der Waals surface area contributed by atoms with E-state index in [4.69, 9.17) is 0 Å². The molecule has 0 N–H and O–H groups in total. The summed E-state index contributed by atoms with van der Waals surface area (Å²) in [6.45, 7) is 4.02. The van der Waals surface area contributed by atoms with Crippen LogP contribution in [-0.4, -0.2) is 12.5 Å². The lowest BCUT2D eigenvalue weighted by atomic mass is 10.1. The molecule has 1 aromatic rings. The molecule has 2 rings (SSSR count). The Labute approximate surface area is 101 Å². The molecule has 0 heterocycles. The number of anilines is 1. The van der Waals surface area contributed by atoms with Crippen LogP contribution >= 0.6 is 0 Å². The number of benzene rings is 1. The topological polar surface area (TPSA) is 20.3 Å². The Morgan fingerprint density at radius 2 is 2.18 bits per heavy atom. The first kappa shape index (κ1) is 12.1. The second-order valence-electron chi connectivity index (χ2n) is 4.66. The summed E-state index contributed by atoms with van der Waals surface area (Å²) in [5.74, 6) is 0.151. The van der Waals surface area contributed by atoms with Gasteiger partial charge in [-0.2, -0.15) is 0 Å². The lowest BCUT2D eigenvalue weighted by molar-refractivity contribution is -0.116. The molecule has 0 spiro atoms. The van der Waals surface area contributed by atoms with Crippen LogP contribution in [0.3, 0.4) is 0 Å². The summed E-state index contributed by atoms with van der Waals surface area (Å²) in [6, 6.07) is 5.26. The van der Waals surface area contributed by atoms with Gasteiger partial charge in [0.1, 0.15) is 5.82 Å². The molecule has 2 nitrogen and oxygen atoms in total. The van der Waals surface area contributed by atoms with Crippen LogP contribution in [-0.2, 0) is 4.79 Å². The molecule has 0 saturated heterocycles. The fraction of sp³-hybridized carbons (Fsp3) is 0.500. The van der Waals surface area contributed by atoms with Crippen molar-refractivity contribution in [2.75, 3.05) is 11.4 Å². The molecule has 0 bridgehead atoms. The van der Waals surface area contributed by atoms with E-state index in [2.05, 4.69) is 0 Å². The lowest BCUT2D eigenvalue weighted by Crippen LogP contribution is -2.30. The molecule has 0 aliphatic heterocycles. The first-order valence-electron chi connectivity index (χ1n) is 6.21. The van der Waals surface area contributed by atoms with Crippen LogP contribution < -0.4 is 4.90 Å². The van der Waals surface area contributed by atoms with Crippen molar-refractivity contribution in [3.63, 3.8) is 0 Å². The minimum Gasteiger partial charge on any atom is -0.310 e. The maximum atomic E-state index is 14.0. The fourth-order valence-electron chi connectivity index (χ4n) is 2.08. The van der Waals surface area contributed by atoms with Gasteiger partial charge in [0, 0.05) is 13.5 Å². The number of carbonyl (C=O) groups excluding carboxylic acids is 1. The van der Waals surface area contributed by atoms with Crippen molar-refractivity contribution in [1.82, 2.24) is 0 Å². The minimum absolute atomic E-state index is 0.107. The maximum Gasteiger partial charge on any atom is 0.223 e. The van der Waals surface area contributed by atoms with E-state index in [1.807, 2.05) is 13.0 Å². The molecule has 0 radical (unpaired) electrons. The summed E-state index contributed by atoms with van der Waals surface area (Å²) in [6.07, 6.45) is 3.14. The summed E-state index contributed by atoms with van der Waals surface area (Å²) in [5, 5.41) is 0. The molecule has 1 saturated carbocycles. The molecular formula is C14H18FNO. The van der Waals surface area contributed by atoms with Gasteiger partial charge >= 0.3 is 0 Å². The van der Waals surface area contributed by atoms with Crippen molar-refractivity contribution in [3.05, 3.63) is 29.6 Å². The van der Waals surface area contributed by atoms with E-state index in [-0.39, 0.29) is 11.7 Å². The van der Waals surface area contributed by atoms with Crippen molar-refractivity contribution in [3.8, 4) is 0 Å². The molecule has 17 heavy (non-hydrogen) atoms. The van der Waals surface area contributed by atoms with E-state index in [9.17, 15) is 9.18 Å². The number of nitrogens with zero attached hydrogens (tertiary/aromatic N) is 1. The highest BCUT2D eigenvalue weighted by Gasteiger charge is 2.25. The highest BCUT2D eigenvalue weighted by Crippen LogP contribution is 2.41. The molecule has 0 atom stereocenters. The zero-order valence-electron chi connectivity index (χ0n) is 10.4. The molecule has 1 aromatic carbocycles. The highest BCUT2D eigenvalue weighted by molar-refractivity contribution is 5.91. The zero-order valence-corrected chi connectivity index (χ0v) is 10.4. The van der Waals surface area contributed by atoms with Crippen molar-refractivity contribution >= 4 is 11.6 Å². The van der Waals surface area contributed by atoms with Gasteiger partial charge < -0.3 is 4.90 Å². The van der Waals surface area contributed by atoms with Crippen LogP contribution in [0, 0.1) is 5.82 Å². The van der Waals surface area contributed by atoms with Crippen LogP contribution in [0.2, 0.25) is 0 Å². The summed E-state index contributed by atoms with van der Waals surface area (Å²) < 4.78 is 14.0. The Balaban J connectivity index is 2.26. The average Bonchev–Trinajstić information content (AvgIpc) is 3.10. The van der Waals surface area contributed by atoms with Gasteiger partial charge in [0.25, 0.3) is 0 Å². The molecule has 0 aromatic heterocycles. The van der Waals surface area contributed by atoms with Gasteiger partial charge in [0.05, 0.1) is 5.69 Å². The van der Waals surface area contributed by atoms with E-state index in [1.165, 1.54) is 11.8 Å². The number of halogens is 1. The quantitative estimate of drug-likeness (QED) is 0.782. The second kappa shape index (κ2) is 4.86. The smallest absolute Gasteiger partial charge is 0.223 e. The largest absolute Gasteiger partial charge is 0.310 e. The Morgan fingerprint density at radius 1 is 1.47 bits per heavy atom. The van der Waals surface area contributed by atoms with Crippen LogP contribution in [0.25, 0.3) is 0 Å². The number of carbonyl (C=O) groups is 1. The number of amides is 1. The summed E-state index contributed by atoms with van der Waals surface area (Å²) in [4.78, 5) is 13.0. The zero-order chi connectivity index (χ0) is 12.4. The standard InChI is InChI=1S/C14H18FNO/c1-3-8-16(10(2)17)14-7-6-12(9-13(14)15)11-4-5-11/h6-7,9,11H,3-5,8H2,1-2H3. The third kappa shape index (κ3) is 2.65. The van der Waals surface area contributed by atoms with Gasteiger partial charge in [0.15, 0.2) is 0 Å². The molecular weight excluding hydrogens is 217 g/mol. The van der Waals surface area contributed by atoms with Crippen molar-refractivity contribution in [1.29, 1.82) is 0 Å². The van der Waals surface area contributed by atoms with Crippen LogP contribution in [0.5, 0.6) is 0 Å². The van der Waals surface area contributed by atoms with Crippen molar-refractivity contribution in [2.45, 2.75) is 39.0 Å². The van der Waals surface area contributed by atoms with E-state index in [1.54, 1.807) is 12.1 Å². The Bertz CT molecular complexity index is 426. The van der Waals surface area contributed by atoms with Gasteiger partial charge in [-0.05, 0) is 42.9 Å². The van der Waals surface area contributed by atoms with Crippen molar-refractivity contribution < 1.29 is 9.18 Å². The first-order chi connectivity index (χ1) is 8.13. The normalized spacial score (nSPS) is 14.8. The second-order valence-corrected chi connectivity index (χ2v) is 4.66. The van der Waals surface area contributed by atoms with Crippen LogP contribution in [0.4, 0.5) is 10.1 Å². The molecule has 0 unspecified atom stereocenters. The Hall–Kier alpha value is -1.38. The monoisotopic (exact) mass is 235 g/mol. The van der Waals surface area contributed by atoms with Gasteiger partial charge in [-0.25, -0.2) is 4.39 Å². The number of hydrogen-bond acceptors (Lipinski definition) is 1. The predicted molar refractivity (Wildman–Crippen MR) is 66.7 cm³/mol. The average molecular weight is 235 g/mol. The van der Waals surface area contributed by atoms with Gasteiger partial charge in [-0.15, -0.1) is 0 Å². The SMILES string of the molecule is CCCN(C(C)=O)c1ccc(C2CC2)cc1F. The minimum atomic E-state index is -0.280. The molecule has 1 aliphatic carbocycles. The number of hydrogen-bond donors (Lipinski definition) is 0. The van der Waals surface area contributed by atoms with E-state index >= 15 is 0 Å². The predicted octanol–water partition coefficient (Wildman–Crippen LogP) is 3.47. The first-order valence-corrected chi connectivity index (χ1v) is 6.21. The van der Waals surface area contributed by atoms with Gasteiger partial charge in [0.2, 0.25) is 5.91 Å². The van der Waals surface area contributed by atoms with Crippen LogP contribution in [0.15, 0.2) is 18.2 Å². The van der Waals surface area contributed by atoms with Crippen LogP contribution in [0.1, 0.15) is 44.6 Å². The van der Waals surface area contributed by atoms with E-state index < -0.39 is 0 Å². The Morgan fingerprint density at radius 3 is 2.65 bits per heavy atom. The van der Waals surface area contributed by atoms with Gasteiger partial charge in [-0.1, -0.05) is 13.0 Å². The van der Waals surface area contributed by atoms with Crippen molar-refractivity contribution in [2.24, 2.45) is 0 Å². The summed E-state index contributed by atoms with van der Waals surface area (Å²) in [5.41, 5.74) is 1.47. The highest BCUT2D eigenvalue weighted by atomic mass is 19.1. The third-order valence-electron chi connectivity index (χ3n) is 3.14. The molecule has 1 fully saturated rings. The maximum absolute atomic E-state index is 14.0. The molecule has 92 valence electrons. The molecule has 3 heteroatoms. The fourth-order valence-corrected chi connectivity index (χ4v) is 2.08. The van der Waals surface area contributed by atoms with Gasteiger partial charge in [-0.3, -0.25) is 4.79 Å². The third-order valence-corrected chi connectivity index (χ3v) is 3.14. The summed E-state index contributed by atoms with van der Waals surface area (Å²) >= 11 is 0. The summed E-state index contributed by atoms with van der Waals surface area (Å²) in [7, 11) is 0. The van der Waals surface area contributed by atoms with E-state index in [0.29, 0.717) is 18.2 Å². The molecule has 1 amide bonds. The number of rotatable bonds is 4. The molecule has 1 aliphatic rings. The Kier molecular flexibility index (Phi) is 3.46. The van der Waals surface area contributed by atoms with E-state index in [0.717, 1.165) is 24.8 Å².